The van der Waals surface area contributed by atoms with E-state index in [0.29, 0.717) is 5.69 Å². The maximum absolute atomic E-state index is 10.5. The molecule has 1 atom stereocenters. The van der Waals surface area contributed by atoms with Gasteiger partial charge in [-0.05, 0) is 31.8 Å². The van der Waals surface area contributed by atoms with Gasteiger partial charge in [-0.25, -0.2) is 4.98 Å². The van der Waals surface area contributed by atoms with Crippen LogP contribution in [0.1, 0.15) is 35.3 Å². The Balaban J connectivity index is 1.91. The number of likely N-dealkylation sites (tertiary alicyclic amines) is 1. The summed E-state index contributed by atoms with van der Waals surface area (Å²) >= 11 is 1.62. The molecule has 1 unspecified atom stereocenters. The van der Waals surface area contributed by atoms with Gasteiger partial charge in [0.25, 0.3) is 0 Å². The van der Waals surface area contributed by atoms with E-state index >= 15 is 0 Å². The van der Waals surface area contributed by atoms with Gasteiger partial charge in [-0.3, -0.25) is 4.79 Å². The van der Waals surface area contributed by atoms with Crippen molar-refractivity contribution in [3.05, 3.63) is 16.1 Å². The number of piperidine rings is 1. The van der Waals surface area contributed by atoms with Crippen LogP contribution < -0.4 is 0 Å². The van der Waals surface area contributed by atoms with Gasteiger partial charge >= 0.3 is 0 Å². The van der Waals surface area contributed by atoms with Crippen LogP contribution in [0.3, 0.4) is 0 Å². The van der Waals surface area contributed by atoms with E-state index in [1.807, 2.05) is 5.38 Å². The molecule has 0 bridgehead atoms. The van der Waals surface area contributed by atoms with Crippen LogP contribution in [0.2, 0.25) is 0 Å². The van der Waals surface area contributed by atoms with E-state index in [9.17, 15) is 4.79 Å². The van der Waals surface area contributed by atoms with Gasteiger partial charge in [0.15, 0.2) is 6.29 Å². The Morgan fingerprint density at radius 1 is 1.69 bits per heavy atom. The summed E-state index contributed by atoms with van der Waals surface area (Å²) in [6, 6.07) is 0. The summed E-state index contributed by atoms with van der Waals surface area (Å²) in [5.74, 6) is 0.722. The van der Waals surface area contributed by atoms with Gasteiger partial charge in [-0.15, -0.1) is 11.3 Å². The molecule has 1 saturated heterocycles. The number of carbonyl (C=O) groups is 1. The van der Waals surface area contributed by atoms with Crippen molar-refractivity contribution >= 4 is 17.6 Å². The van der Waals surface area contributed by atoms with E-state index in [4.69, 9.17) is 0 Å². The quantitative estimate of drug-likeness (QED) is 0.754. The molecular formula is C12H18N2OS. The zero-order valence-corrected chi connectivity index (χ0v) is 10.5. The zero-order chi connectivity index (χ0) is 11.4. The molecule has 0 aromatic carbocycles. The minimum Gasteiger partial charge on any atom is -0.303 e. The maximum Gasteiger partial charge on any atom is 0.169 e. The van der Waals surface area contributed by atoms with E-state index in [1.54, 1.807) is 11.3 Å². The molecular weight excluding hydrogens is 220 g/mol. The average Bonchev–Trinajstić information content (AvgIpc) is 2.77. The predicted molar refractivity (Wildman–Crippen MR) is 66.0 cm³/mol. The van der Waals surface area contributed by atoms with Gasteiger partial charge in [0.05, 0.1) is 5.01 Å². The molecule has 16 heavy (non-hydrogen) atoms. The van der Waals surface area contributed by atoms with Crippen LogP contribution >= 0.6 is 11.3 Å². The van der Waals surface area contributed by atoms with Gasteiger partial charge in [0.2, 0.25) is 0 Å². The highest BCUT2D eigenvalue weighted by molar-refractivity contribution is 7.09. The van der Waals surface area contributed by atoms with Gasteiger partial charge < -0.3 is 4.90 Å². The van der Waals surface area contributed by atoms with E-state index < -0.39 is 0 Å². The summed E-state index contributed by atoms with van der Waals surface area (Å²) in [5, 5.41) is 2.97. The summed E-state index contributed by atoms with van der Waals surface area (Å²) in [5.41, 5.74) is 0.586. The van der Waals surface area contributed by atoms with Crippen LogP contribution in [0, 0.1) is 5.92 Å². The smallest absolute Gasteiger partial charge is 0.169 e. The SMILES string of the molecule is CCN1CCCC(Cc2nc(C=O)cs2)C1. The van der Waals surface area contributed by atoms with Crippen LogP contribution in [-0.2, 0) is 6.42 Å². The standard InChI is InChI=1S/C12H18N2OS/c1-2-14-5-3-4-10(7-14)6-12-13-11(8-15)9-16-12/h8-10H,2-7H2,1H3. The van der Waals surface area contributed by atoms with Crippen molar-refractivity contribution in [1.82, 2.24) is 9.88 Å². The molecule has 0 radical (unpaired) electrons. The van der Waals surface area contributed by atoms with Crippen molar-refractivity contribution in [2.45, 2.75) is 26.2 Å². The fraction of sp³-hybridized carbons (Fsp3) is 0.667. The summed E-state index contributed by atoms with van der Waals surface area (Å²) in [7, 11) is 0. The number of carbonyl (C=O) groups excluding carboxylic acids is 1. The number of hydrogen-bond acceptors (Lipinski definition) is 4. The highest BCUT2D eigenvalue weighted by Gasteiger charge is 2.19. The van der Waals surface area contributed by atoms with Crippen molar-refractivity contribution < 1.29 is 4.79 Å². The normalized spacial score (nSPS) is 22.2. The van der Waals surface area contributed by atoms with Crippen LogP contribution in [0.4, 0.5) is 0 Å². The second-order valence-electron chi connectivity index (χ2n) is 4.39. The summed E-state index contributed by atoms with van der Waals surface area (Å²) in [6.07, 6.45) is 4.46. The Hall–Kier alpha value is -0.740. The molecule has 1 aliphatic rings. The number of thiazole rings is 1. The van der Waals surface area contributed by atoms with Crippen molar-refractivity contribution in [3.63, 3.8) is 0 Å². The third kappa shape index (κ3) is 2.89. The van der Waals surface area contributed by atoms with Gasteiger partial charge in [0, 0.05) is 18.3 Å². The number of hydrogen-bond donors (Lipinski definition) is 0. The molecule has 0 spiro atoms. The minimum atomic E-state index is 0.586. The molecule has 3 nitrogen and oxygen atoms in total. The third-order valence-electron chi connectivity index (χ3n) is 3.20. The zero-order valence-electron chi connectivity index (χ0n) is 9.69. The second-order valence-corrected chi connectivity index (χ2v) is 5.33. The van der Waals surface area contributed by atoms with Crippen molar-refractivity contribution in [2.75, 3.05) is 19.6 Å². The van der Waals surface area contributed by atoms with Crippen LogP contribution in [0.5, 0.6) is 0 Å². The molecule has 0 saturated carbocycles. The molecule has 88 valence electrons. The minimum absolute atomic E-state index is 0.586. The van der Waals surface area contributed by atoms with Gasteiger partial charge in [0.1, 0.15) is 5.69 Å². The van der Waals surface area contributed by atoms with Crippen LogP contribution in [0.25, 0.3) is 0 Å². The van der Waals surface area contributed by atoms with Gasteiger partial charge in [-0.1, -0.05) is 6.92 Å². The summed E-state index contributed by atoms with van der Waals surface area (Å²) in [6.45, 7) is 5.79. The second kappa shape index (κ2) is 5.55. The Morgan fingerprint density at radius 2 is 2.56 bits per heavy atom. The topological polar surface area (TPSA) is 33.2 Å². The lowest BCUT2D eigenvalue weighted by Crippen LogP contribution is -2.35. The summed E-state index contributed by atoms with van der Waals surface area (Å²) in [4.78, 5) is 17.4. The van der Waals surface area contributed by atoms with Gasteiger partial charge in [-0.2, -0.15) is 0 Å². The molecule has 1 aromatic rings. The number of aromatic nitrogens is 1. The maximum atomic E-state index is 10.5. The fourth-order valence-corrected chi connectivity index (χ4v) is 3.18. The Bertz CT molecular complexity index is 351. The first kappa shape index (κ1) is 11.7. The monoisotopic (exact) mass is 238 g/mol. The van der Waals surface area contributed by atoms with Crippen molar-refractivity contribution in [2.24, 2.45) is 5.92 Å². The predicted octanol–water partition coefficient (Wildman–Crippen LogP) is 2.23. The lowest BCUT2D eigenvalue weighted by atomic mass is 9.95. The summed E-state index contributed by atoms with van der Waals surface area (Å²) < 4.78 is 0. The first-order chi connectivity index (χ1) is 7.81. The number of rotatable bonds is 4. The first-order valence-corrected chi connectivity index (χ1v) is 6.81. The molecule has 0 N–H and O–H groups in total. The van der Waals surface area contributed by atoms with E-state index in [-0.39, 0.29) is 0 Å². The van der Waals surface area contributed by atoms with E-state index in [1.165, 1.54) is 25.9 Å². The lowest BCUT2D eigenvalue weighted by Gasteiger charge is -2.31. The number of aldehydes is 1. The molecule has 0 amide bonds. The van der Waals surface area contributed by atoms with Crippen molar-refractivity contribution in [1.29, 1.82) is 0 Å². The fourth-order valence-electron chi connectivity index (χ4n) is 2.33. The molecule has 1 aliphatic heterocycles. The van der Waals surface area contributed by atoms with Crippen molar-refractivity contribution in [3.8, 4) is 0 Å². The van der Waals surface area contributed by atoms with E-state index in [0.717, 1.165) is 30.2 Å². The first-order valence-electron chi connectivity index (χ1n) is 5.93. The largest absolute Gasteiger partial charge is 0.303 e. The van der Waals surface area contributed by atoms with E-state index in [2.05, 4.69) is 16.8 Å². The highest BCUT2D eigenvalue weighted by Crippen LogP contribution is 2.22. The Kier molecular flexibility index (Phi) is 4.07. The molecule has 2 heterocycles. The molecule has 1 fully saturated rings. The lowest BCUT2D eigenvalue weighted by molar-refractivity contribution is 0.111. The number of nitrogens with zero attached hydrogens (tertiary/aromatic N) is 2. The third-order valence-corrected chi connectivity index (χ3v) is 4.09. The Labute approximate surface area is 100 Å². The molecule has 1 aromatic heterocycles. The highest BCUT2D eigenvalue weighted by atomic mass is 32.1. The van der Waals surface area contributed by atoms with Crippen LogP contribution in [-0.4, -0.2) is 35.8 Å². The average molecular weight is 238 g/mol. The molecule has 4 heteroatoms. The Morgan fingerprint density at radius 3 is 3.25 bits per heavy atom. The van der Waals surface area contributed by atoms with Crippen LogP contribution in [0.15, 0.2) is 5.38 Å². The molecule has 0 aliphatic carbocycles. The molecule has 2 rings (SSSR count).